The Labute approximate surface area is 106 Å². The lowest BCUT2D eigenvalue weighted by atomic mass is 10.1. The number of hydrogen-bond acceptors (Lipinski definition) is 3. The summed E-state index contributed by atoms with van der Waals surface area (Å²) >= 11 is 0. The van der Waals surface area contributed by atoms with Crippen LogP contribution in [0.5, 0.6) is 0 Å². The lowest BCUT2D eigenvalue weighted by Crippen LogP contribution is -2.41. The first-order valence-corrected chi connectivity index (χ1v) is 5.48. The number of amides is 1. The molecule has 0 saturated carbocycles. The molecule has 0 bridgehead atoms. The number of carbonyl (C=O) groups is 2. The van der Waals surface area contributed by atoms with Gasteiger partial charge in [0.25, 0.3) is 0 Å². The van der Waals surface area contributed by atoms with Crippen molar-refractivity contribution in [1.29, 1.82) is 0 Å². The van der Waals surface area contributed by atoms with E-state index in [2.05, 4.69) is 4.98 Å². The molecule has 19 heavy (non-hydrogen) atoms. The number of nitrogens with zero attached hydrogens (tertiary/aromatic N) is 2. The van der Waals surface area contributed by atoms with Crippen LogP contribution >= 0.6 is 0 Å². The predicted molar refractivity (Wildman–Crippen MR) is 57.4 cm³/mol. The lowest BCUT2D eigenvalue weighted by molar-refractivity contribution is -0.142. The molecule has 1 aliphatic rings. The van der Waals surface area contributed by atoms with Crippen LogP contribution in [0, 0.1) is 11.9 Å². The topological polar surface area (TPSA) is 90.7 Å². The van der Waals surface area contributed by atoms with E-state index in [0.717, 1.165) is 12.1 Å². The molecular weight excluding hydrogens is 262 g/mol. The molecule has 0 aliphatic carbocycles. The minimum absolute atomic E-state index is 0.0725. The molecule has 102 valence electrons. The van der Waals surface area contributed by atoms with Crippen molar-refractivity contribution in [3.8, 4) is 0 Å². The molecule has 1 aliphatic heterocycles. The average molecular weight is 272 g/mol. The van der Waals surface area contributed by atoms with E-state index in [1.165, 1.54) is 0 Å². The zero-order valence-electron chi connectivity index (χ0n) is 9.58. The van der Waals surface area contributed by atoms with Crippen molar-refractivity contribution in [1.82, 2.24) is 9.88 Å². The van der Waals surface area contributed by atoms with Gasteiger partial charge in [0.1, 0.15) is 6.04 Å². The highest BCUT2D eigenvalue weighted by Gasteiger charge is 2.43. The zero-order valence-corrected chi connectivity index (χ0v) is 9.58. The summed E-state index contributed by atoms with van der Waals surface area (Å²) < 4.78 is 26.3. The molecule has 2 atom stereocenters. The van der Waals surface area contributed by atoms with Gasteiger partial charge in [-0.1, -0.05) is 0 Å². The summed E-state index contributed by atoms with van der Waals surface area (Å²) in [6.45, 7) is 0. The Kier molecular flexibility index (Phi) is 3.32. The molecule has 2 heterocycles. The number of aromatic nitrogens is 1. The molecular formula is C11H10F2N2O4. The van der Waals surface area contributed by atoms with Crippen molar-refractivity contribution in [2.75, 3.05) is 0 Å². The maximum Gasteiger partial charge on any atom is 0.408 e. The Balaban J connectivity index is 2.38. The predicted octanol–water partition coefficient (Wildman–Crippen LogP) is 1.63. The molecule has 1 aromatic heterocycles. The van der Waals surface area contributed by atoms with Gasteiger partial charge in [-0.05, 0) is 25.0 Å². The highest BCUT2D eigenvalue weighted by atomic mass is 19.1. The first kappa shape index (κ1) is 13.2. The van der Waals surface area contributed by atoms with E-state index < -0.39 is 36.0 Å². The normalized spacial score (nSPS) is 22.5. The Morgan fingerprint density at radius 3 is 2.47 bits per heavy atom. The second kappa shape index (κ2) is 4.79. The van der Waals surface area contributed by atoms with E-state index in [-0.39, 0.29) is 18.4 Å². The number of aliphatic carboxylic acids is 1. The summed E-state index contributed by atoms with van der Waals surface area (Å²) in [4.78, 5) is 25.7. The summed E-state index contributed by atoms with van der Waals surface area (Å²) in [6, 6.07) is -0.201. The van der Waals surface area contributed by atoms with E-state index in [0.29, 0.717) is 4.90 Å². The molecule has 1 amide bonds. The third-order valence-electron chi connectivity index (χ3n) is 3.09. The van der Waals surface area contributed by atoms with Gasteiger partial charge in [0.2, 0.25) is 11.9 Å². The van der Waals surface area contributed by atoms with Gasteiger partial charge >= 0.3 is 12.1 Å². The molecule has 0 spiro atoms. The second-order valence-electron chi connectivity index (χ2n) is 4.15. The van der Waals surface area contributed by atoms with Crippen LogP contribution in [-0.4, -0.2) is 38.2 Å². The first-order chi connectivity index (χ1) is 8.91. The van der Waals surface area contributed by atoms with Crippen LogP contribution in [0.2, 0.25) is 0 Å². The van der Waals surface area contributed by atoms with E-state index in [9.17, 15) is 18.4 Å². The van der Waals surface area contributed by atoms with Crippen molar-refractivity contribution in [3.05, 3.63) is 29.6 Å². The summed E-state index contributed by atoms with van der Waals surface area (Å²) in [7, 11) is 0. The van der Waals surface area contributed by atoms with Crippen LogP contribution in [0.4, 0.5) is 13.6 Å². The number of pyridine rings is 1. The van der Waals surface area contributed by atoms with Crippen LogP contribution in [0.15, 0.2) is 12.1 Å². The largest absolute Gasteiger partial charge is 0.480 e. The van der Waals surface area contributed by atoms with Crippen LogP contribution in [0.1, 0.15) is 24.4 Å². The average Bonchev–Trinajstić information content (AvgIpc) is 2.73. The smallest absolute Gasteiger partial charge is 0.408 e. The third-order valence-corrected chi connectivity index (χ3v) is 3.09. The van der Waals surface area contributed by atoms with Gasteiger partial charge in [0.15, 0.2) is 0 Å². The highest BCUT2D eigenvalue weighted by molar-refractivity contribution is 5.80. The molecule has 2 rings (SSSR count). The summed E-state index contributed by atoms with van der Waals surface area (Å²) in [5.74, 6) is -3.43. The van der Waals surface area contributed by atoms with Gasteiger partial charge in [0, 0.05) is 5.56 Å². The number of carboxylic acids is 1. The zero-order chi connectivity index (χ0) is 14.2. The monoisotopic (exact) mass is 272 g/mol. The van der Waals surface area contributed by atoms with Crippen LogP contribution in [0.3, 0.4) is 0 Å². The molecule has 0 radical (unpaired) electrons. The van der Waals surface area contributed by atoms with Gasteiger partial charge < -0.3 is 10.2 Å². The highest BCUT2D eigenvalue weighted by Crippen LogP contribution is 2.37. The Hall–Kier alpha value is -2.25. The SMILES string of the molecule is O=C(O)[C@H]1CC[C@@H](c2ccc(F)nc2F)N1C(=O)O. The van der Waals surface area contributed by atoms with E-state index in [4.69, 9.17) is 10.2 Å². The molecule has 0 unspecified atom stereocenters. The number of carboxylic acid groups (broad SMARTS) is 2. The van der Waals surface area contributed by atoms with E-state index >= 15 is 0 Å². The number of likely N-dealkylation sites (tertiary alicyclic amines) is 1. The van der Waals surface area contributed by atoms with E-state index in [1.807, 2.05) is 0 Å². The molecule has 2 N–H and O–H groups in total. The van der Waals surface area contributed by atoms with Gasteiger partial charge in [-0.25, -0.2) is 9.59 Å². The minimum Gasteiger partial charge on any atom is -0.480 e. The van der Waals surface area contributed by atoms with Gasteiger partial charge in [-0.3, -0.25) is 4.90 Å². The Morgan fingerprint density at radius 2 is 1.95 bits per heavy atom. The fourth-order valence-corrected chi connectivity index (χ4v) is 2.30. The third kappa shape index (κ3) is 2.33. The standard InChI is InChI=1S/C11H10F2N2O4/c12-8-4-1-5(9(13)14-8)6-2-3-7(10(16)17)15(6)11(18)19/h1,4,6-7H,2-3H2,(H,16,17)(H,18,19)/t6-,7+/m0/s1. The molecule has 1 saturated heterocycles. The quantitative estimate of drug-likeness (QED) is 0.798. The van der Waals surface area contributed by atoms with Gasteiger partial charge in [0.05, 0.1) is 6.04 Å². The Bertz CT molecular complexity index is 537. The van der Waals surface area contributed by atoms with Crippen LogP contribution < -0.4 is 0 Å². The summed E-state index contributed by atoms with van der Waals surface area (Å²) in [5.41, 5.74) is -0.118. The maximum absolute atomic E-state index is 13.5. The molecule has 1 fully saturated rings. The van der Waals surface area contributed by atoms with Crippen molar-refractivity contribution in [2.24, 2.45) is 0 Å². The van der Waals surface area contributed by atoms with Crippen LogP contribution in [0.25, 0.3) is 0 Å². The van der Waals surface area contributed by atoms with Crippen LogP contribution in [-0.2, 0) is 4.79 Å². The number of rotatable bonds is 2. The molecule has 0 aromatic carbocycles. The fraction of sp³-hybridized carbons (Fsp3) is 0.364. The van der Waals surface area contributed by atoms with Gasteiger partial charge in [-0.15, -0.1) is 0 Å². The summed E-state index contributed by atoms with van der Waals surface area (Å²) in [6.07, 6.45) is -1.24. The second-order valence-corrected chi connectivity index (χ2v) is 4.15. The molecule has 6 nitrogen and oxygen atoms in total. The maximum atomic E-state index is 13.5. The number of hydrogen-bond donors (Lipinski definition) is 2. The van der Waals surface area contributed by atoms with Crippen molar-refractivity contribution < 1.29 is 28.6 Å². The molecule has 1 aromatic rings. The first-order valence-electron chi connectivity index (χ1n) is 5.48. The minimum atomic E-state index is -1.46. The lowest BCUT2D eigenvalue weighted by Gasteiger charge is -2.25. The van der Waals surface area contributed by atoms with Gasteiger partial charge in [-0.2, -0.15) is 13.8 Å². The van der Waals surface area contributed by atoms with Crippen molar-refractivity contribution in [2.45, 2.75) is 24.9 Å². The fourth-order valence-electron chi connectivity index (χ4n) is 2.30. The van der Waals surface area contributed by atoms with Crippen molar-refractivity contribution in [3.63, 3.8) is 0 Å². The number of halogens is 2. The molecule has 8 heteroatoms. The Morgan fingerprint density at radius 1 is 1.26 bits per heavy atom. The van der Waals surface area contributed by atoms with E-state index in [1.54, 1.807) is 0 Å². The summed E-state index contributed by atoms with van der Waals surface area (Å²) in [5, 5.41) is 18.0. The van der Waals surface area contributed by atoms with Crippen molar-refractivity contribution >= 4 is 12.1 Å².